The van der Waals surface area contributed by atoms with Crippen LogP contribution < -0.4 is 9.64 Å². The van der Waals surface area contributed by atoms with E-state index in [2.05, 4.69) is 10.00 Å². The number of hydrogen-bond donors (Lipinski definition) is 0. The molecule has 2 aromatic rings. The quantitative estimate of drug-likeness (QED) is 0.639. The molecule has 11 heteroatoms. The fourth-order valence-electron chi connectivity index (χ4n) is 3.79. The van der Waals surface area contributed by atoms with Gasteiger partial charge in [0.1, 0.15) is 12.3 Å². The molecule has 4 rings (SSSR count). The molecule has 0 unspecified atom stereocenters. The summed E-state index contributed by atoms with van der Waals surface area (Å²) in [6.07, 6.45) is -3.15. The fraction of sp³-hybridized carbons (Fsp3) is 0.500. The number of nitrogens with zero attached hydrogens (tertiary/aromatic N) is 4. The summed E-state index contributed by atoms with van der Waals surface area (Å²) in [4.78, 5) is 16.6. The lowest BCUT2D eigenvalue weighted by molar-refractivity contribution is -0.142. The van der Waals surface area contributed by atoms with E-state index in [0.717, 1.165) is 23.2 Å². The third-order valence-corrected chi connectivity index (χ3v) is 6.27. The predicted octanol–water partition coefficient (Wildman–Crippen LogP) is 4.44. The number of alkyl halides is 3. The molecule has 0 bridgehead atoms. The van der Waals surface area contributed by atoms with Gasteiger partial charge in [-0.3, -0.25) is 9.48 Å². The SMILES string of the molecule is COc1cc(N2CCN(C(=O)Cn3nc(C(F)(F)F)c(Cl)c3C3CC3)CC2)ccc1Cl. The second kappa shape index (κ2) is 8.43. The molecule has 2 aliphatic rings. The molecule has 0 radical (unpaired) electrons. The Morgan fingerprint density at radius 1 is 1.19 bits per heavy atom. The lowest BCUT2D eigenvalue weighted by atomic mass is 10.2. The van der Waals surface area contributed by atoms with Gasteiger partial charge in [0.05, 0.1) is 22.8 Å². The van der Waals surface area contributed by atoms with Crippen molar-refractivity contribution in [1.29, 1.82) is 0 Å². The topological polar surface area (TPSA) is 50.6 Å². The number of benzene rings is 1. The van der Waals surface area contributed by atoms with Gasteiger partial charge in [-0.15, -0.1) is 0 Å². The van der Waals surface area contributed by atoms with Gasteiger partial charge in [-0.1, -0.05) is 23.2 Å². The number of aromatic nitrogens is 2. The van der Waals surface area contributed by atoms with Gasteiger partial charge in [0.15, 0.2) is 5.69 Å². The Kier molecular flexibility index (Phi) is 6.00. The largest absolute Gasteiger partial charge is 0.495 e. The predicted molar refractivity (Wildman–Crippen MR) is 111 cm³/mol. The zero-order valence-corrected chi connectivity index (χ0v) is 18.3. The number of carbonyl (C=O) groups excluding carboxylic acids is 1. The van der Waals surface area contributed by atoms with Crippen LogP contribution >= 0.6 is 23.2 Å². The van der Waals surface area contributed by atoms with Crippen LogP contribution in [0.4, 0.5) is 18.9 Å². The van der Waals surface area contributed by atoms with Gasteiger partial charge in [-0.2, -0.15) is 18.3 Å². The van der Waals surface area contributed by atoms with E-state index in [4.69, 9.17) is 27.9 Å². The summed E-state index contributed by atoms with van der Waals surface area (Å²) in [6.45, 7) is 1.81. The van der Waals surface area contributed by atoms with Crippen molar-refractivity contribution in [3.8, 4) is 5.75 Å². The lowest BCUT2D eigenvalue weighted by Crippen LogP contribution is -2.49. The minimum absolute atomic E-state index is 0.0689. The molecule has 1 aromatic heterocycles. The Labute approximate surface area is 187 Å². The highest BCUT2D eigenvalue weighted by Crippen LogP contribution is 2.46. The number of anilines is 1. The van der Waals surface area contributed by atoms with Gasteiger partial charge in [-0.25, -0.2) is 0 Å². The van der Waals surface area contributed by atoms with Gasteiger partial charge < -0.3 is 14.5 Å². The molecular formula is C20H21Cl2F3N4O2. The van der Waals surface area contributed by atoms with Gasteiger partial charge in [0, 0.05) is 43.9 Å². The van der Waals surface area contributed by atoms with Gasteiger partial charge in [0.25, 0.3) is 0 Å². The van der Waals surface area contributed by atoms with Crippen LogP contribution in [0.25, 0.3) is 0 Å². The Morgan fingerprint density at radius 3 is 2.45 bits per heavy atom. The number of amides is 1. The summed E-state index contributed by atoms with van der Waals surface area (Å²) in [7, 11) is 1.54. The smallest absolute Gasteiger partial charge is 0.436 e. The van der Waals surface area contributed by atoms with E-state index in [1.807, 2.05) is 12.1 Å². The monoisotopic (exact) mass is 476 g/mol. The maximum absolute atomic E-state index is 13.2. The highest BCUT2D eigenvalue weighted by Gasteiger charge is 2.42. The Hall–Kier alpha value is -2.13. The van der Waals surface area contributed by atoms with Crippen molar-refractivity contribution < 1.29 is 22.7 Å². The molecule has 0 atom stereocenters. The summed E-state index contributed by atoms with van der Waals surface area (Å²) >= 11 is 12.1. The average Bonchev–Trinajstić information content (AvgIpc) is 3.51. The second-order valence-corrected chi connectivity index (χ2v) is 8.45. The number of piperazine rings is 1. The van der Waals surface area contributed by atoms with Crippen molar-refractivity contribution in [2.75, 3.05) is 38.2 Å². The van der Waals surface area contributed by atoms with Crippen LogP contribution in [0.3, 0.4) is 0 Å². The highest BCUT2D eigenvalue weighted by molar-refractivity contribution is 6.32. The summed E-state index contributed by atoms with van der Waals surface area (Å²) < 4.78 is 46.1. The summed E-state index contributed by atoms with van der Waals surface area (Å²) in [5.41, 5.74) is 0.123. The Morgan fingerprint density at radius 2 is 1.87 bits per heavy atom. The van der Waals surface area contributed by atoms with Gasteiger partial charge in [-0.05, 0) is 25.0 Å². The van der Waals surface area contributed by atoms with Crippen LogP contribution in [0.15, 0.2) is 18.2 Å². The molecule has 1 aliphatic heterocycles. The van der Waals surface area contributed by atoms with Crippen LogP contribution in [0.1, 0.15) is 30.1 Å². The van der Waals surface area contributed by atoms with Crippen molar-refractivity contribution in [2.45, 2.75) is 31.5 Å². The normalized spacial score (nSPS) is 17.2. The molecule has 6 nitrogen and oxygen atoms in total. The standard InChI is InChI=1S/C20H21Cl2F3N4O2/c1-31-15-10-13(4-5-14(15)21)27-6-8-28(9-7-27)16(30)11-29-18(12-2-3-12)17(22)19(26-29)20(23,24)25/h4-5,10,12H,2-3,6-9,11H2,1H3. The van der Waals surface area contributed by atoms with Gasteiger partial charge in [0.2, 0.25) is 5.91 Å². The minimum atomic E-state index is -4.65. The van der Waals surface area contributed by atoms with Crippen molar-refractivity contribution in [3.63, 3.8) is 0 Å². The number of halogens is 5. The van der Waals surface area contributed by atoms with Crippen molar-refractivity contribution in [2.24, 2.45) is 0 Å². The Bertz CT molecular complexity index is 984. The number of ether oxygens (including phenoxy) is 1. The lowest BCUT2D eigenvalue weighted by Gasteiger charge is -2.36. The van der Waals surface area contributed by atoms with Crippen LogP contribution in [-0.2, 0) is 17.5 Å². The third-order valence-electron chi connectivity index (χ3n) is 5.58. The zero-order valence-electron chi connectivity index (χ0n) is 16.8. The molecule has 168 valence electrons. The first-order valence-corrected chi connectivity index (χ1v) is 10.6. The zero-order chi connectivity index (χ0) is 22.3. The van der Waals surface area contributed by atoms with E-state index < -0.39 is 11.9 Å². The molecule has 1 saturated carbocycles. The molecule has 1 aromatic carbocycles. The molecule has 1 aliphatic carbocycles. The van der Waals surface area contributed by atoms with Crippen molar-refractivity contribution >= 4 is 34.8 Å². The molecule has 2 fully saturated rings. The van der Waals surface area contributed by atoms with Crippen LogP contribution in [0.5, 0.6) is 5.75 Å². The van der Waals surface area contributed by atoms with Crippen molar-refractivity contribution in [1.82, 2.24) is 14.7 Å². The van der Waals surface area contributed by atoms with E-state index in [1.165, 1.54) is 0 Å². The van der Waals surface area contributed by atoms with E-state index in [0.29, 0.717) is 42.6 Å². The van der Waals surface area contributed by atoms with Crippen LogP contribution in [-0.4, -0.2) is 53.9 Å². The first-order chi connectivity index (χ1) is 14.7. The number of hydrogen-bond acceptors (Lipinski definition) is 4. The highest BCUT2D eigenvalue weighted by atomic mass is 35.5. The van der Waals surface area contributed by atoms with E-state index in [1.54, 1.807) is 18.1 Å². The Balaban J connectivity index is 1.43. The third kappa shape index (κ3) is 4.57. The van der Waals surface area contributed by atoms with Crippen LogP contribution in [0.2, 0.25) is 10.0 Å². The van der Waals surface area contributed by atoms with E-state index in [-0.39, 0.29) is 23.4 Å². The molecular weight excluding hydrogens is 456 g/mol. The first kappa shape index (κ1) is 22.1. The van der Waals surface area contributed by atoms with Crippen molar-refractivity contribution in [3.05, 3.63) is 39.6 Å². The minimum Gasteiger partial charge on any atom is -0.495 e. The maximum atomic E-state index is 13.2. The molecule has 1 amide bonds. The van der Waals surface area contributed by atoms with E-state index in [9.17, 15) is 18.0 Å². The molecule has 1 saturated heterocycles. The number of rotatable bonds is 5. The number of carbonyl (C=O) groups is 1. The summed E-state index contributed by atoms with van der Waals surface area (Å²) in [6, 6.07) is 5.48. The van der Waals surface area contributed by atoms with E-state index >= 15 is 0 Å². The second-order valence-electron chi connectivity index (χ2n) is 7.66. The first-order valence-electron chi connectivity index (χ1n) is 9.88. The fourth-order valence-corrected chi connectivity index (χ4v) is 4.38. The maximum Gasteiger partial charge on any atom is 0.436 e. The summed E-state index contributed by atoms with van der Waals surface area (Å²) in [5.74, 6) is 0.227. The molecule has 2 heterocycles. The van der Waals surface area contributed by atoms with Gasteiger partial charge >= 0.3 is 6.18 Å². The van der Waals surface area contributed by atoms with Crippen LogP contribution in [0, 0.1) is 0 Å². The molecule has 0 spiro atoms. The average molecular weight is 477 g/mol. The molecule has 0 N–H and O–H groups in total. The molecule has 31 heavy (non-hydrogen) atoms. The number of methoxy groups -OCH3 is 1. The summed E-state index contributed by atoms with van der Waals surface area (Å²) in [5, 5.41) is 3.77.